The van der Waals surface area contributed by atoms with E-state index < -0.39 is 5.97 Å². The Kier molecular flexibility index (Phi) is 6.02. The SMILES string of the molecule is CCc1c(C(=O)Nc2cc(C(=O)OC)ccc2Cl)cnn1-c1cccc(Cl)c1. The monoisotopic (exact) mass is 417 g/mol. The third-order valence-corrected chi connectivity index (χ3v) is 4.70. The van der Waals surface area contributed by atoms with E-state index in [-0.39, 0.29) is 11.5 Å². The Morgan fingerprint density at radius 3 is 2.64 bits per heavy atom. The number of carbonyl (C=O) groups excluding carboxylic acids is 2. The Morgan fingerprint density at radius 1 is 1.18 bits per heavy atom. The summed E-state index contributed by atoms with van der Waals surface area (Å²) in [7, 11) is 1.28. The molecule has 1 N–H and O–H groups in total. The quantitative estimate of drug-likeness (QED) is 0.606. The van der Waals surface area contributed by atoms with Crippen LogP contribution in [0.3, 0.4) is 0 Å². The van der Waals surface area contributed by atoms with Crippen LogP contribution < -0.4 is 5.32 Å². The van der Waals surface area contributed by atoms with Crippen molar-refractivity contribution in [2.24, 2.45) is 0 Å². The lowest BCUT2D eigenvalue weighted by molar-refractivity contribution is 0.0600. The molecule has 0 saturated heterocycles. The van der Waals surface area contributed by atoms with Gasteiger partial charge in [-0.3, -0.25) is 4.79 Å². The van der Waals surface area contributed by atoms with Crippen molar-refractivity contribution in [3.05, 3.63) is 75.5 Å². The first-order valence-corrected chi connectivity index (χ1v) is 9.22. The van der Waals surface area contributed by atoms with Crippen LogP contribution in [0, 0.1) is 0 Å². The number of hydrogen-bond donors (Lipinski definition) is 1. The van der Waals surface area contributed by atoms with Gasteiger partial charge in [-0.15, -0.1) is 0 Å². The molecule has 3 rings (SSSR count). The van der Waals surface area contributed by atoms with E-state index in [0.29, 0.717) is 27.7 Å². The number of halogens is 2. The second-order valence-electron chi connectivity index (χ2n) is 5.89. The minimum Gasteiger partial charge on any atom is -0.465 e. The smallest absolute Gasteiger partial charge is 0.337 e. The summed E-state index contributed by atoms with van der Waals surface area (Å²) < 4.78 is 6.37. The molecule has 1 aromatic heterocycles. The number of anilines is 1. The highest BCUT2D eigenvalue weighted by Crippen LogP contribution is 2.25. The van der Waals surface area contributed by atoms with Crippen molar-refractivity contribution in [1.82, 2.24) is 9.78 Å². The standard InChI is InChI=1S/C20H17Cl2N3O3/c1-3-18-15(11-23-25(18)14-6-4-5-13(21)10-14)19(26)24-17-9-12(20(27)28-2)7-8-16(17)22/h4-11H,3H2,1-2H3,(H,24,26). The molecular formula is C20H17Cl2N3O3. The predicted octanol–water partition coefficient (Wildman–Crippen LogP) is 4.78. The first-order chi connectivity index (χ1) is 13.4. The summed E-state index contributed by atoms with van der Waals surface area (Å²) in [5.41, 5.74) is 2.48. The first kappa shape index (κ1) is 19.9. The number of nitrogens with zero attached hydrogens (tertiary/aromatic N) is 2. The summed E-state index contributed by atoms with van der Waals surface area (Å²) >= 11 is 12.2. The molecule has 0 aliphatic heterocycles. The third kappa shape index (κ3) is 4.03. The number of nitrogens with one attached hydrogen (secondary N) is 1. The molecule has 0 aliphatic carbocycles. The molecule has 0 spiro atoms. The number of ether oxygens (including phenoxy) is 1. The zero-order valence-electron chi connectivity index (χ0n) is 15.2. The van der Waals surface area contributed by atoms with Crippen LogP contribution in [0.5, 0.6) is 0 Å². The van der Waals surface area contributed by atoms with Crippen LogP contribution in [0.2, 0.25) is 10.0 Å². The van der Waals surface area contributed by atoms with Crippen molar-refractivity contribution < 1.29 is 14.3 Å². The number of esters is 1. The molecule has 144 valence electrons. The van der Waals surface area contributed by atoms with E-state index in [1.54, 1.807) is 16.8 Å². The van der Waals surface area contributed by atoms with Crippen molar-refractivity contribution >= 4 is 40.8 Å². The van der Waals surface area contributed by atoms with E-state index in [4.69, 9.17) is 27.9 Å². The summed E-state index contributed by atoms with van der Waals surface area (Å²) in [6.45, 7) is 1.93. The van der Waals surface area contributed by atoms with Crippen molar-refractivity contribution in [1.29, 1.82) is 0 Å². The molecule has 1 amide bonds. The number of methoxy groups -OCH3 is 1. The average Bonchev–Trinajstić information content (AvgIpc) is 3.13. The fourth-order valence-corrected chi connectivity index (χ4v) is 3.14. The molecular weight excluding hydrogens is 401 g/mol. The Labute approximate surface area is 172 Å². The highest BCUT2D eigenvalue weighted by Gasteiger charge is 2.19. The Morgan fingerprint density at radius 2 is 1.96 bits per heavy atom. The fraction of sp³-hybridized carbons (Fsp3) is 0.150. The van der Waals surface area contributed by atoms with Crippen LogP contribution in [-0.4, -0.2) is 28.8 Å². The third-order valence-electron chi connectivity index (χ3n) is 4.14. The van der Waals surface area contributed by atoms with Crippen LogP contribution in [0.1, 0.15) is 33.3 Å². The topological polar surface area (TPSA) is 73.2 Å². The van der Waals surface area contributed by atoms with Gasteiger partial charge in [-0.2, -0.15) is 5.10 Å². The highest BCUT2D eigenvalue weighted by molar-refractivity contribution is 6.34. The van der Waals surface area contributed by atoms with Crippen LogP contribution in [0.4, 0.5) is 5.69 Å². The van der Waals surface area contributed by atoms with Gasteiger partial charge in [-0.05, 0) is 42.8 Å². The molecule has 1 heterocycles. The predicted molar refractivity (Wildman–Crippen MR) is 109 cm³/mol. The molecule has 2 aromatic carbocycles. The van der Waals surface area contributed by atoms with E-state index in [9.17, 15) is 9.59 Å². The van der Waals surface area contributed by atoms with Crippen molar-refractivity contribution in [3.8, 4) is 5.69 Å². The summed E-state index contributed by atoms with van der Waals surface area (Å²) in [5, 5.41) is 7.95. The number of benzene rings is 2. The van der Waals surface area contributed by atoms with Gasteiger partial charge >= 0.3 is 5.97 Å². The number of hydrogen-bond acceptors (Lipinski definition) is 4. The van der Waals surface area contributed by atoms with Crippen LogP contribution in [-0.2, 0) is 11.2 Å². The van der Waals surface area contributed by atoms with Gasteiger partial charge in [0.05, 0.1) is 46.5 Å². The van der Waals surface area contributed by atoms with Gasteiger partial charge < -0.3 is 10.1 Å². The molecule has 0 atom stereocenters. The summed E-state index contributed by atoms with van der Waals surface area (Å²) in [6.07, 6.45) is 2.07. The van der Waals surface area contributed by atoms with E-state index >= 15 is 0 Å². The van der Waals surface area contributed by atoms with E-state index in [2.05, 4.69) is 10.4 Å². The second-order valence-corrected chi connectivity index (χ2v) is 6.73. The van der Waals surface area contributed by atoms with Gasteiger partial charge in [0.1, 0.15) is 0 Å². The van der Waals surface area contributed by atoms with E-state index in [1.807, 2.05) is 19.1 Å². The van der Waals surface area contributed by atoms with E-state index in [0.717, 1.165) is 11.4 Å². The maximum Gasteiger partial charge on any atom is 0.337 e. The molecule has 0 fully saturated rings. The Balaban J connectivity index is 1.93. The Bertz CT molecular complexity index is 1050. The number of aromatic nitrogens is 2. The molecule has 0 unspecified atom stereocenters. The summed E-state index contributed by atoms with van der Waals surface area (Å²) in [6, 6.07) is 11.7. The second kappa shape index (κ2) is 8.46. The molecule has 0 saturated carbocycles. The summed E-state index contributed by atoms with van der Waals surface area (Å²) in [4.78, 5) is 24.6. The molecule has 0 radical (unpaired) electrons. The van der Waals surface area contributed by atoms with Gasteiger partial charge in [-0.1, -0.05) is 36.2 Å². The zero-order valence-corrected chi connectivity index (χ0v) is 16.7. The molecule has 8 heteroatoms. The molecule has 28 heavy (non-hydrogen) atoms. The van der Waals surface area contributed by atoms with Gasteiger partial charge in [0.25, 0.3) is 5.91 Å². The lowest BCUT2D eigenvalue weighted by Crippen LogP contribution is -2.15. The van der Waals surface area contributed by atoms with Gasteiger partial charge in [0.2, 0.25) is 0 Å². The Hall–Kier alpha value is -2.83. The highest BCUT2D eigenvalue weighted by atomic mass is 35.5. The normalized spacial score (nSPS) is 10.6. The van der Waals surface area contributed by atoms with Crippen LogP contribution >= 0.6 is 23.2 Å². The first-order valence-electron chi connectivity index (χ1n) is 8.46. The van der Waals surface area contributed by atoms with Crippen molar-refractivity contribution in [3.63, 3.8) is 0 Å². The van der Waals surface area contributed by atoms with Gasteiger partial charge in [-0.25, -0.2) is 9.48 Å². The lowest BCUT2D eigenvalue weighted by Gasteiger charge is -2.10. The maximum atomic E-state index is 12.8. The number of amides is 1. The van der Waals surface area contributed by atoms with Crippen LogP contribution in [0.15, 0.2) is 48.7 Å². The maximum absolute atomic E-state index is 12.8. The lowest BCUT2D eigenvalue weighted by atomic mass is 10.1. The van der Waals surface area contributed by atoms with Gasteiger partial charge in [0.15, 0.2) is 0 Å². The van der Waals surface area contributed by atoms with Crippen LogP contribution in [0.25, 0.3) is 5.69 Å². The average molecular weight is 418 g/mol. The number of carbonyl (C=O) groups is 2. The van der Waals surface area contributed by atoms with Crippen molar-refractivity contribution in [2.75, 3.05) is 12.4 Å². The molecule has 6 nitrogen and oxygen atoms in total. The van der Waals surface area contributed by atoms with Gasteiger partial charge in [0, 0.05) is 5.02 Å². The zero-order chi connectivity index (χ0) is 20.3. The number of rotatable bonds is 5. The molecule has 0 aliphatic rings. The van der Waals surface area contributed by atoms with Crippen molar-refractivity contribution in [2.45, 2.75) is 13.3 Å². The van der Waals surface area contributed by atoms with E-state index in [1.165, 1.54) is 31.5 Å². The minimum absolute atomic E-state index is 0.285. The minimum atomic E-state index is -0.518. The fourth-order valence-electron chi connectivity index (χ4n) is 2.79. The largest absolute Gasteiger partial charge is 0.465 e. The molecule has 3 aromatic rings. The molecule has 0 bridgehead atoms. The summed E-state index contributed by atoms with van der Waals surface area (Å²) in [5.74, 6) is -0.899.